The smallest absolute Gasteiger partial charge is 0.220 e. The number of nitrogens with zero attached hydrogens (tertiary/aromatic N) is 3. The standard InChI is InChI=1S/C10H13F4N3OP2S/c1-10(2,3)8-4-6-9(7-5-8)21(18)16-19(11,12)15-20(13,14)17-21/h4-7H,1-3H3. The van der Waals surface area contributed by atoms with E-state index in [9.17, 15) is 21.0 Å². The molecule has 1 aliphatic heterocycles. The molecule has 2 rings (SSSR count). The van der Waals surface area contributed by atoms with Crippen LogP contribution < -0.4 is 0 Å². The number of halogens is 4. The molecule has 0 fully saturated rings. The van der Waals surface area contributed by atoms with Crippen LogP contribution in [0.3, 0.4) is 0 Å². The van der Waals surface area contributed by atoms with Crippen molar-refractivity contribution in [3.63, 3.8) is 0 Å². The maximum absolute atomic E-state index is 13.2. The molecule has 118 valence electrons. The van der Waals surface area contributed by atoms with E-state index in [-0.39, 0.29) is 10.3 Å². The Morgan fingerprint density at radius 1 is 1.00 bits per heavy atom. The lowest BCUT2D eigenvalue weighted by Crippen LogP contribution is -2.11. The second-order valence-electron chi connectivity index (χ2n) is 5.44. The van der Waals surface area contributed by atoms with Crippen LogP contribution in [0.1, 0.15) is 26.3 Å². The number of benzene rings is 1. The Kier molecular flexibility index (Phi) is 3.93. The van der Waals surface area contributed by atoms with E-state index in [1.807, 2.05) is 20.8 Å². The SMILES string of the molecule is CC(C)(C)c1ccc([S@]2(=O)=NP(F)(F)=NP(F)(F)=N2)cc1. The van der Waals surface area contributed by atoms with Crippen LogP contribution in [-0.4, -0.2) is 4.21 Å². The van der Waals surface area contributed by atoms with Crippen molar-refractivity contribution in [3.8, 4) is 0 Å². The van der Waals surface area contributed by atoms with Crippen molar-refractivity contribution in [1.82, 2.24) is 0 Å². The van der Waals surface area contributed by atoms with E-state index < -0.39 is 25.6 Å². The highest BCUT2D eigenvalue weighted by Gasteiger charge is 2.36. The quantitative estimate of drug-likeness (QED) is 0.415. The summed E-state index contributed by atoms with van der Waals surface area (Å²) in [6.45, 7) is 5.78. The first kappa shape index (κ1) is 16.7. The van der Waals surface area contributed by atoms with Crippen LogP contribution in [0.5, 0.6) is 0 Å². The monoisotopic (exact) mass is 361 g/mol. The van der Waals surface area contributed by atoms with Gasteiger partial charge >= 0.3 is 15.7 Å². The number of hydrogen-bond donors (Lipinski definition) is 0. The third-order valence-corrected chi connectivity index (χ3v) is 8.61. The fourth-order valence-electron chi connectivity index (χ4n) is 1.67. The molecule has 1 heterocycles. The summed E-state index contributed by atoms with van der Waals surface area (Å²) >= 11 is 0. The summed E-state index contributed by atoms with van der Waals surface area (Å²) in [7, 11) is -15.4. The average molecular weight is 361 g/mol. The number of hydrogen-bond acceptors (Lipinski definition) is 3. The first-order valence-corrected chi connectivity index (χ1v) is 10.2. The molecular formula is C10H13F4N3OP2S. The lowest BCUT2D eigenvalue weighted by molar-refractivity contribution is 0.589. The van der Waals surface area contributed by atoms with Gasteiger partial charge in [-0.2, -0.15) is 0 Å². The minimum Gasteiger partial charge on any atom is -0.220 e. The van der Waals surface area contributed by atoms with Gasteiger partial charge in [-0.05, 0) is 23.1 Å². The molecule has 0 bridgehead atoms. The predicted molar refractivity (Wildman–Crippen MR) is 77.1 cm³/mol. The Morgan fingerprint density at radius 3 is 1.95 bits per heavy atom. The van der Waals surface area contributed by atoms with E-state index in [2.05, 4.69) is 12.8 Å². The highest BCUT2D eigenvalue weighted by molar-refractivity contribution is 7.99. The van der Waals surface area contributed by atoms with Gasteiger partial charge in [0.05, 0.1) is 4.90 Å². The normalized spacial score (nSPS) is 27.2. The molecular weight excluding hydrogens is 348 g/mol. The molecule has 0 saturated carbocycles. The van der Waals surface area contributed by atoms with Gasteiger partial charge in [0.1, 0.15) is 0 Å². The molecule has 4 nitrogen and oxygen atoms in total. The van der Waals surface area contributed by atoms with Crippen LogP contribution in [0.2, 0.25) is 0 Å². The molecule has 0 radical (unpaired) electrons. The Bertz CT molecular complexity index is 787. The van der Waals surface area contributed by atoms with E-state index in [4.69, 9.17) is 0 Å². The zero-order valence-electron chi connectivity index (χ0n) is 11.4. The van der Waals surface area contributed by atoms with E-state index in [0.29, 0.717) is 0 Å². The molecule has 21 heavy (non-hydrogen) atoms. The van der Waals surface area contributed by atoms with Crippen molar-refractivity contribution in [3.05, 3.63) is 29.8 Å². The van der Waals surface area contributed by atoms with E-state index in [1.54, 1.807) is 12.1 Å². The highest BCUT2D eigenvalue weighted by Crippen LogP contribution is 2.72. The van der Waals surface area contributed by atoms with E-state index >= 15 is 0 Å². The van der Waals surface area contributed by atoms with Gasteiger partial charge in [-0.1, -0.05) is 32.9 Å². The van der Waals surface area contributed by atoms with Crippen LogP contribution in [0, 0.1) is 0 Å². The molecule has 1 aromatic rings. The zero-order valence-corrected chi connectivity index (χ0v) is 14.0. The maximum atomic E-state index is 13.2. The largest absolute Gasteiger partial charge is 0.430 e. The minimum absolute atomic E-state index is 0.214. The second-order valence-corrected chi connectivity index (χ2v) is 10.7. The van der Waals surface area contributed by atoms with Gasteiger partial charge in [-0.25, -0.2) is 4.21 Å². The highest BCUT2D eigenvalue weighted by atomic mass is 32.2. The fraction of sp³-hybridized carbons (Fsp3) is 0.400. The average Bonchev–Trinajstić information content (AvgIpc) is 2.23. The topological polar surface area (TPSA) is 54.1 Å². The summed E-state index contributed by atoms with van der Waals surface area (Å²) in [6.07, 6.45) is 0. The minimum atomic E-state index is -5.61. The van der Waals surface area contributed by atoms with Crippen molar-refractivity contribution >= 4 is 25.6 Å². The van der Waals surface area contributed by atoms with E-state index in [1.165, 1.54) is 12.1 Å². The summed E-state index contributed by atoms with van der Waals surface area (Å²) in [5.41, 5.74) is 0.631. The molecule has 0 spiro atoms. The molecule has 0 N–H and O–H groups in total. The Hall–Kier alpha value is -0.650. The van der Waals surface area contributed by atoms with E-state index in [0.717, 1.165) is 5.56 Å². The molecule has 0 amide bonds. The summed E-state index contributed by atoms with van der Waals surface area (Å²) in [5, 5.41) is 0. The fourth-order valence-corrected chi connectivity index (χ4v) is 7.36. The Balaban J connectivity index is 2.63. The second kappa shape index (κ2) is 4.93. The van der Waals surface area contributed by atoms with Gasteiger partial charge in [0.2, 0.25) is 0 Å². The Morgan fingerprint density at radius 2 is 1.52 bits per heavy atom. The number of rotatable bonds is 1. The summed E-state index contributed by atoms with van der Waals surface area (Å²) < 4.78 is 72.8. The molecule has 1 aromatic carbocycles. The van der Waals surface area contributed by atoms with Crippen molar-refractivity contribution in [1.29, 1.82) is 0 Å². The van der Waals surface area contributed by atoms with Crippen LogP contribution in [0.15, 0.2) is 42.0 Å². The lowest BCUT2D eigenvalue weighted by atomic mass is 9.87. The van der Waals surface area contributed by atoms with Gasteiger partial charge in [0.15, 0.2) is 9.92 Å². The van der Waals surface area contributed by atoms with Gasteiger partial charge in [0.25, 0.3) is 0 Å². The van der Waals surface area contributed by atoms with Crippen LogP contribution in [0.4, 0.5) is 16.8 Å². The zero-order chi connectivity index (χ0) is 16.1. The van der Waals surface area contributed by atoms with Crippen LogP contribution >= 0.6 is 15.7 Å². The third kappa shape index (κ3) is 3.76. The van der Waals surface area contributed by atoms with Crippen molar-refractivity contribution in [2.24, 2.45) is 12.8 Å². The molecule has 0 unspecified atom stereocenters. The maximum Gasteiger partial charge on any atom is 0.430 e. The first-order valence-electron chi connectivity index (χ1n) is 5.78. The molecule has 0 aliphatic carbocycles. The van der Waals surface area contributed by atoms with Gasteiger partial charge in [-0.15, -0.1) is 29.6 Å². The summed E-state index contributed by atoms with van der Waals surface area (Å²) in [6, 6.07) is 5.60. The molecule has 11 heteroatoms. The Labute approximate surface area is 121 Å². The van der Waals surface area contributed by atoms with Gasteiger partial charge < -0.3 is 0 Å². The first-order chi connectivity index (χ1) is 9.33. The van der Waals surface area contributed by atoms with Crippen molar-refractivity contribution < 1.29 is 21.0 Å². The van der Waals surface area contributed by atoms with Crippen LogP contribution in [0.25, 0.3) is 0 Å². The summed E-state index contributed by atoms with van der Waals surface area (Å²) in [4.78, 5) is -0.246. The summed E-state index contributed by atoms with van der Waals surface area (Å²) in [5.74, 6) is 0. The van der Waals surface area contributed by atoms with Crippen molar-refractivity contribution in [2.75, 3.05) is 0 Å². The van der Waals surface area contributed by atoms with Gasteiger partial charge in [0, 0.05) is 0 Å². The molecule has 1 atom stereocenters. The van der Waals surface area contributed by atoms with Crippen molar-refractivity contribution in [2.45, 2.75) is 31.1 Å². The van der Waals surface area contributed by atoms with Crippen LogP contribution in [-0.2, 0) is 15.3 Å². The molecule has 0 aromatic heterocycles. The third-order valence-electron chi connectivity index (χ3n) is 2.66. The predicted octanol–water partition coefficient (Wildman–Crippen LogP) is 6.51. The van der Waals surface area contributed by atoms with Gasteiger partial charge in [-0.3, -0.25) is 0 Å². The lowest BCUT2D eigenvalue weighted by Gasteiger charge is -2.19. The molecule has 0 saturated heterocycles. The molecule has 1 aliphatic rings.